The molecular formula is C53H99NO3. The number of carbonyl (C=O) groups is 1. The van der Waals surface area contributed by atoms with Gasteiger partial charge in [-0.15, -0.1) is 0 Å². The largest absolute Gasteiger partial charge is 0.394 e. The number of hydrogen-bond acceptors (Lipinski definition) is 3. The topological polar surface area (TPSA) is 69.6 Å². The highest BCUT2D eigenvalue weighted by atomic mass is 16.3. The van der Waals surface area contributed by atoms with Crippen LogP contribution in [-0.2, 0) is 4.79 Å². The molecule has 0 heterocycles. The maximum absolute atomic E-state index is 12.4. The molecule has 0 aliphatic carbocycles. The quantitative estimate of drug-likeness (QED) is 0.0424. The highest BCUT2D eigenvalue weighted by Crippen LogP contribution is 2.16. The second-order valence-electron chi connectivity index (χ2n) is 17.2. The van der Waals surface area contributed by atoms with Crippen LogP contribution in [0.15, 0.2) is 48.6 Å². The highest BCUT2D eigenvalue weighted by Gasteiger charge is 2.17. The minimum absolute atomic E-state index is 0.0732. The fourth-order valence-corrected chi connectivity index (χ4v) is 7.64. The first-order chi connectivity index (χ1) is 28.2. The molecule has 2 atom stereocenters. The Morgan fingerprint density at radius 3 is 1.14 bits per heavy atom. The molecule has 0 spiro atoms. The molecule has 57 heavy (non-hydrogen) atoms. The summed E-state index contributed by atoms with van der Waals surface area (Å²) in [6, 6.07) is -0.636. The molecule has 0 rings (SSSR count). The molecule has 0 bridgehead atoms. The van der Waals surface area contributed by atoms with Crippen molar-refractivity contribution in [2.24, 2.45) is 0 Å². The Labute approximate surface area is 356 Å². The second-order valence-corrected chi connectivity index (χ2v) is 17.2. The Kier molecular flexibility index (Phi) is 47.3. The molecule has 3 N–H and O–H groups in total. The van der Waals surface area contributed by atoms with E-state index in [2.05, 4.69) is 55.6 Å². The predicted molar refractivity (Wildman–Crippen MR) is 253 cm³/mol. The number of hydrogen-bond donors (Lipinski definition) is 3. The van der Waals surface area contributed by atoms with Gasteiger partial charge in [0.05, 0.1) is 18.8 Å². The molecule has 0 aliphatic rings. The van der Waals surface area contributed by atoms with Crippen molar-refractivity contribution in [3.8, 4) is 0 Å². The first kappa shape index (κ1) is 55.4. The average molecular weight is 798 g/mol. The number of aliphatic hydroxyl groups is 2. The molecule has 0 radical (unpaired) electrons. The second kappa shape index (κ2) is 48.7. The van der Waals surface area contributed by atoms with Crippen molar-refractivity contribution in [1.82, 2.24) is 5.32 Å². The van der Waals surface area contributed by atoms with Crippen molar-refractivity contribution >= 4 is 5.91 Å². The van der Waals surface area contributed by atoms with Gasteiger partial charge in [-0.2, -0.15) is 0 Å². The summed E-state index contributed by atoms with van der Waals surface area (Å²) in [7, 11) is 0. The van der Waals surface area contributed by atoms with Gasteiger partial charge in [0.25, 0.3) is 0 Å². The zero-order valence-corrected chi connectivity index (χ0v) is 38.4. The smallest absolute Gasteiger partial charge is 0.220 e. The molecule has 0 saturated heterocycles. The van der Waals surface area contributed by atoms with Crippen molar-refractivity contribution in [2.45, 2.75) is 276 Å². The first-order valence-electron chi connectivity index (χ1n) is 25.4. The third kappa shape index (κ3) is 45.3. The normalized spacial score (nSPS) is 13.3. The zero-order valence-electron chi connectivity index (χ0n) is 38.4. The van der Waals surface area contributed by atoms with Crippen LogP contribution in [0.4, 0.5) is 0 Å². The summed E-state index contributed by atoms with van der Waals surface area (Å²) in [5, 5.41) is 22.9. The van der Waals surface area contributed by atoms with Crippen LogP contribution < -0.4 is 5.32 Å². The van der Waals surface area contributed by atoms with Gasteiger partial charge >= 0.3 is 0 Å². The summed E-state index contributed by atoms with van der Waals surface area (Å²) in [5.41, 5.74) is 0. The Hall–Kier alpha value is -1.65. The Morgan fingerprint density at radius 1 is 0.421 bits per heavy atom. The van der Waals surface area contributed by atoms with Crippen LogP contribution in [0.3, 0.4) is 0 Å². The molecule has 0 fully saturated rings. The maximum Gasteiger partial charge on any atom is 0.220 e. The van der Waals surface area contributed by atoms with Crippen LogP contribution in [0.2, 0.25) is 0 Å². The number of carbonyl (C=O) groups excluding carboxylic acids is 1. The lowest BCUT2D eigenvalue weighted by molar-refractivity contribution is -0.123. The number of nitrogens with one attached hydrogen (secondary N) is 1. The van der Waals surface area contributed by atoms with E-state index < -0.39 is 12.1 Å². The van der Waals surface area contributed by atoms with Crippen molar-refractivity contribution in [3.63, 3.8) is 0 Å². The molecule has 4 heteroatoms. The van der Waals surface area contributed by atoms with E-state index in [4.69, 9.17) is 0 Å². The van der Waals surface area contributed by atoms with E-state index in [9.17, 15) is 15.0 Å². The molecule has 334 valence electrons. The lowest BCUT2D eigenvalue weighted by Gasteiger charge is -2.19. The standard InChI is InChI=1S/C53H99NO3/c1-3-5-7-9-11-13-15-16-17-18-19-20-21-22-23-24-25-26-27-28-29-30-31-32-33-34-35-36-37-38-39-41-43-45-47-49-53(57)54-51(50-55)52(56)48-46-44-42-40-14-12-10-8-6-4-2/h14-16,18-19,40,46,48,51-52,55-56H,3-13,17,20-39,41-45,47,49-50H2,1-2H3,(H,54,57)/b16-15-,19-18-,40-14+,48-46+. The number of unbranched alkanes of at least 4 members (excludes halogenated alkanes) is 33. The van der Waals surface area contributed by atoms with E-state index in [0.29, 0.717) is 6.42 Å². The van der Waals surface area contributed by atoms with Crippen LogP contribution in [-0.4, -0.2) is 34.9 Å². The van der Waals surface area contributed by atoms with E-state index in [1.165, 1.54) is 205 Å². The molecule has 4 nitrogen and oxygen atoms in total. The van der Waals surface area contributed by atoms with Gasteiger partial charge in [0, 0.05) is 6.42 Å². The van der Waals surface area contributed by atoms with E-state index >= 15 is 0 Å². The SMILES string of the molecule is CCCCCC/C=C/CC/C=C/C(O)C(CO)NC(=O)CCCCCCCCCCCCCCCCCCCCCCCCC/C=C\C/C=C\CCCCCCC. The van der Waals surface area contributed by atoms with Gasteiger partial charge in [-0.3, -0.25) is 4.79 Å². The van der Waals surface area contributed by atoms with Crippen molar-refractivity contribution < 1.29 is 15.0 Å². The lowest BCUT2D eigenvalue weighted by atomic mass is 10.0. The Morgan fingerprint density at radius 2 is 0.737 bits per heavy atom. The fourth-order valence-electron chi connectivity index (χ4n) is 7.64. The maximum atomic E-state index is 12.4. The molecule has 0 aromatic rings. The van der Waals surface area contributed by atoms with Gasteiger partial charge in [-0.25, -0.2) is 0 Å². The monoisotopic (exact) mass is 798 g/mol. The fraction of sp³-hybridized carbons (Fsp3) is 0.830. The predicted octanol–water partition coefficient (Wildman–Crippen LogP) is 16.3. The van der Waals surface area contributed by atoms with Crippen LogP contribution >= 0.6 is 0 Å². The molecule has 1 amide bonds. The van der Waals surface area contributed by atoms with Crippen LogP contribution in [0.1, 0.15) is 264 Å². The summed E-state index contributed by atoms with van der Waals surface area (Å²) >= 11 is 0. The number of amides is 1. The summed E-state index contributed by atoms with van der Waals surface area (Å²) in [4.78, 5) is 12.4. The average Bonchev–Trinajstić information content (AvgIpc) is 3.22. The number of allylic oxidation sites excluding steroid dienone is 7. The summed E-state index contributed by atoms with van der Waals surface area (Å²) in [5.74, 6) is -0.0732. The summed E-state index contributed by atoms with van der Waals surface area (Å²) in [6.45, 7) is 4.26. The van der Waals surface area contributed by atoms with E-state index in [-0.39, 0.29) is 12.5 Å². The molecule has 0 aromatic carbocycles. The van der Waals surface area contributed by atoms with Gasteiger partial charge in [-0.05, 0) is 64.2 Å². The molecule has 0 aromatic heterocycles. The number of aliphatic hydroxyl groups excluding tert-OH is 2. The minimum Gasteiger partial charge on any atom is -0.394 e. The van der Waals surface area contributed by atoms with Gasteiger partial charge in [-0.1, -0.05) is 242 Å². The number of rotatable bonds is 46. The summed E-state index contributed by atoms with van der Waals surface area (Å²) < 4.78 is 0. The first-order valence-corrected chi connectivity index (χ1v) is 25.4. The third-order valence-electron chi connectivity index (χ3n) is 11.5. The third-order valence-corrected chi connectivity index (χ3v) is 11.5. The van der Waals surface area contributed by atoms with Crippen LogP contribution in [0.25, 0.3) is 0 Å². The minimum atomic E-state index is -0.859. The highest BCUT2D eigenvalue weighted by molar-refractivity contribution is 5.76. The van der Waals surface area contributed by atoms with Crippen molar-refractivity contribution in [2.75, 3.05) is 6.61 Å². The van der Waals surface area contributed by atoms with Crippen molar-refractivity contribution in [1.29, 1.82) is 0 Å². The van der Waals surface area contributed by atoms with Gasteiger partial charge < -0.3 is 15.5 Å². The Balaban J connectivity index is 3.40. The van der Waals surface area contributed by atoms with E-state index in [0.717, 1.165) is 38.5 Å². The Bertz CT molecular complexity index is 908. The van der Waals surface area contributed by atoms with Gasteiger partial charge in [0.2, 0.25) is 5.91 Å². The van der Waals surface area contributed by atoms with Gasteiger partial charge in [0.1, 0.15) is 0 Å². The zero-order chi connectivity index (χ0) is 41.4. The van der Waals surface area contributed by atoms with Crippen LogP contribution in [0, 0.1) is 0 Å². The van der Waals surface area contributed by atoms with Gasteiger partial charge in [0.15, 0.2) is 0 Å². The lowest BCUT2D eigenvalue weighted by Crippen LogP contribution is -2.45. The summed E-state index contributed by atoms with van der Waals surface area (Å²) in [6.07, 6.45) is 67.0. The molecule has 0 aliphatic heterocycles. The molecule has 2 unspecified atom stereocenters. The molecule has 0 saturated carbocycles. The van der Waals surface area contributed by atoms with E-state index in [1.54, 1.807) is 6.08 Å². The van der Waals surface area contributed by atoms with E-state index in [1.807, 2.05) is 6.08 Å². The molecular weight excluding hydrogens is 699 g/mol. The van der Waals surface area contributed by atoms with Crippen LogP contribution in [0.5, 0.6) is 0 Å². The van der Waals surface area contributed by atoms with Crippen molar-refractivity contribution in [3.05, 3.63) is 48.6 Å².